The zero-order valence-electron chi connectivity index (χ0n) is 40.4. The van der Waals surface area contributed by atoms with Gasteiger partial charge in [0, 0.05) is 46.8 Å². The van der Waals surface area contributed by atoms with Crippen LogP contribution in [0.4, 0.5) is 5.69 Å². The van der Waals surface area contributed by atoms with Gasteiger partial charge in [-0.15, -0.1) is 0 Å². The van der Waals surface area contributed by atoms with Crippen molar-refractivity contribution in [3.8, 4) is 0 Å². The fourth-order valence-electron chi connectivity index (χ4n) is 8.87. The second-order valence-corrected chi connectivity index (χ2v) is 20.6. The molecule has 1 saturated carbocycles. The lowest BCUT2D eigenvalue weighted by molar-refractivity contribution is -0.387. The van der Waals surface area contributed by atoms with Crippen molar-refractivity contribution in [2.45, 2.75) is 146 Å². The third-order valence-corrected chi connectivity index (χ3v) is 15.2. The normalized spacial score (nSPS) is 18.7. The molecule has 0 aromatic heterocycles. The van der Waals surface area contributed by atoms with Crippen molar-refractivity contribution in [2.75, 3.05) is 47.3 Å². The molecular weight excluding hydrogens is 907 g/mol. The molecule has 4 N–H and O–H groups in total. The van der Waals surface area contributed by atoms with Gasteiger partial charge in [0.05, 0.1) is 17.9 Å². The first-order valence-electron chi connectivity index (χ1n) is 23.3. The molecule has 378 valence electrons. The maximum atomic E-state index is 14.3. The van der Waals surface area contributed by atoms with Crippen molar-refractivity contribution in [3.05, 3.63) is 34.4 Å². The van der Waals surface area contributed by atoms with Crippen LogP contribution in [0.1, 0.15) is 105 Å². The van der Waals surface area contributed by atoms with Crippen LogP contribution in [0.5, 0.6) is 0 Å². The van der Waals surface area contributed by atoms with Crippen LogP contribution in [0.2, 0.25) is 0 Å². The number of sulfonamides is 1. The number of nitro benzene ring substituents is 1. The number of hydrogen-bond acceptors (Lipinski definition) is 12. The second kappa shape index (κ2) is 23.5. The highest BCUT2D eigenvalue weighted by Gasteiger charge is 2.46. The van der Waals surface area contributed by atoms with E-state index in [1.54, 1.807) is 13.8 Å². The van der Waals surface area contributed by atoms with Crippen LogP contribution in [0.3, 0.4) is 0 Å². The summed E-state index contributed by atoms with van der Waals surface area (Å²) in [5.41, 5.74) is -2.61. The molecule has 23 heteroatoms. The third kappa shape index (κ3) is 13.5. The number of nitro groups is 1. The van der Waals surface area contributed by atoms with Crippen molar-refractivity contribution in [1.82, 2.24) is 39.9 Å². The number of aliphatic carboxylic acids is 1. The van der Waals surface area contributed by atoms with Crippen LogP contribution in [0.25, 0.3) is 0 Å². The predicted octanol–water partition coefficient (Wildman–Crippen LogP) is 1.47. The Bertz CT molecular complexity index is 2180. The van der Waals surface area contributed by atoms with E-state index >= 15 is 0 Å². The number of rotatable bonds is 22. The summed E-state index contributed by atoms with van der Waals surface area (Å²) >= 11 is 0. The first kappa shape index (κ1) is 54.9. The molecule has 3 fully saturated rings. The average Bonchev–Trinajstić information content (AvgIpc) is 3.82. The maximum Gasteiger partial charge on any atom is 0.305 e. The van der Waals surface area contributed by atoms with E-state index < -0.39 is 127 Å². The SMILES string of the molecule is CC[C@H](C)[C@H](NC(=O)C(C)(C)NS(=O)(=O)c1ccccc1[N+](=O)[O-])C(=O)N(C)[C@@H](C)C(=O)N1CC[C@H]1C(=O)N(C)[C@@H](CC1CCCCC1)C(=O)N(C)CC(=O)N[C@@H](CC(=O)O)C(=O)N1CCCC1. The van der Waals surface area contributed by atoms with Gasteiger partial charge in [0.15, 0.2) is 4.90 Å². The molecule has 22 nitrogen and oxygen atoms in total. The third-order valence-electron chi connectivity index (χ3n) is 13.5. The Hall–Kier alpha value is -5.71. The number of carbonyl (C=O) groups excluding carboxylic acids is 7. The Labute approximate surface area is 398 Å². The van der Waals surface area contributed by atoms with E-state index in [1.807, 2.05) is 0 Å². The Morgan fingerprint density at radius 1 is 0.868 bits per heavy atom. The molecule has 1 aromatic rings. The van der Waals surface area contributed by atoms with Gasteiger partial charge < -0.3 is 40.2 Å². The minimum Gasteiger partial charge on any atom is -0.481 e. The summed E-state index contributed by atoms with van der Waals surface area (Å²) in [6.45, 7) is 7.97. The van der Waals surface area contributed by atoms with Crippen molar-refractivity contribution >= 4 is 63.0 Å². The molecule has 0 bridgehead atoms. The molecule has 0 radical (unpaired) electrons. The maximum absolute atomic E-state index is 14.3. The van der Waals surface area contributed by atoms with Crippen LogP contribution in [-0.4, -0.2) is 173 Å². The molecule has 0 unspecified atom stereocenters. The molecule has 0 spiro atoms. The first-order valence-corrected chi connectivity index (χ1v) is 24.8. The van der Waals surface area contributed by atoms with Gasteiger partial charge in [-0.1, -0.05) is 64.5 Å². The van der Waals surface area contributed by atoms with Gasteiger partial charge in [-0.05, 0) is 64.4 Å². The largest absolute Gasteiger partial charge is 0.481 e. The fraction of sp³-hybridized carbons (Fsp3) is 0.689. The summed E-state index contributed by atoms with van der Waals surface area (Å²) < 4.78 is 28.8. The monoisotopic (exact) mass is 975 g/mol. The summed E-state index contributed by atoms with van der Waals surface area (Å²) in [4.78, 5) is 125. The van der Waals surface area contributed by atoms with E-state index in [9.17, 15) is 62.0 Å². The standard InChI is InChI=1S/C45H69N9O13S/c1-9-28(2)38(47-44(63)45(4,5)48-68(66,67)35-20-14-13-19-32(35)54(64)65)43(62)50(7)29(3)39(58)53-24-21-33(53)42(61)51(8)34(25-30-17-11-10-12-18-30)41(60)49(6)27-36(55)46-31(26-37(56)57)40(59)52-22-15-16-23-52/h13-14,19-20,28-31,33-34,38,48H,9-12,15-18,21-27H2,1-8H3,(H,46,55)(H,47,63)(H,56,57)/t28-,29-,31-,33-,34-,38-/m0/s1. The molecule has 7 amide bonds. The van der Waals surface area contributed by atoms with Crippen LogP contribution in [0.15, 0.2) is 29.2 Å². The van der Waals surface area contributed by atoms with Crippen molar-refractivity contribution < 1.29 is 56.8 Å². The summed E-state index contributed by atoms with van der Waals surface area (Å²) in [6.07, 6.45) is 6.45. The van der Waals surface area contributed by atoms with Gasteiger partial charge >= 0.3 is 5.97 Å². The van der Waals surface area contributed by atoms with Crippen LogP contribution in [0, 0.1) is 22.0 Å². The quantitative estimate of drug-likeness (QED) is 0.0948. The van der Waals surface area contributed by atoms with Gasteiger partial charge in [-0.3, -0.25) is 48.5 Å². The van der Waals surface area contributed by atoms with Gasteiger partial charge in [-0.25, -0.2) is 8.42 Å². The lowest BCUT2D eigenvalue weighted by atomic mass is 9.84. The van der Waals surface area contributed by atoms with Gasteiger partial charge in [0.25, 0.3) is 5.69 Å². The minimum atomic E-state index is -4.62. The first-order chi connectivity index (χ1) is 31.8. The molecule has 68 heavy (non-hydrogen) atoms. The molecular formula is C45H69N9O13S. The zero-order valence-corrected chi connectivity index (χ0v) is 41.2. The number of nitrogens with one attached hydrogen (secondary N) is 3. The molecule has 1 aromatic carbocycles. The Morgan fingerprint density at radius 3 is 2.04 bits per heavy atom. The lowest BCUT2D eigenvalue weighted by Crippen LogP contribution is -2.65. The number of para-hydroxylation sites is 1. The van der Waals surface area contributed by atoms with Gasteiger partial charge in [0.2, 0.25) is 51.4 Å². The van der Waals surface area contributed by atoms with E-state index in [4.69, 9.17) is 0 Å². The van der Waals surface area contributed by atoms with Crippen LogP contribution in [-0.2, 0) is 48.4 Å². The van der Waals surface area contributed by atoms with Gasteiger partial charge in [0.1, 0.15) is 35.7 Å². The summed E-state index contributed by atoms with van der Waals surface area (Å²) in [5, 5.41) is 26.2. The number of likely N-dealkylation sites (N-methyl/N-ethyl adjacent to an activating group) is 3. The van der Waals surface area contributed by atoms with Crippen LogP contribution >= 0.6 is 0 Å². The van der Waals surface area contributed by atoms with E-state index in [-0.39, 0.29) is 18.9 Å². The molecule has 6 atom stereocenters. The van der Waals surface area contributed by atoms with Crippen molar-refractivity contribution in [2.24, 2.45) is 11.8 Å². The summed E-state index contributed by atoms with van der Waals surface area (Å²) in [5.74, 6) is -6.18. The zero-order chi connectivity index (χ0) is 50.8. The highest BCUT2D eigenvalue weighted by Crippen LogP contribution is 2.31. The Balaban J connectivity index is 1.46. The fourth-order valence-corrected chi connectivity index (χ4v) is 10.4. The Morgan fingerprint density at radius 2 is 1.49 bits per heavy atom. The minimum absolute atomic E-state index is 0.0991. The van der Waals surface area contributed by atoms with E-state index in [2.05, 4.69) is 15.4 Å². The summed E-state index contributed by atoms with van der Waals surface area (Å²) in [6, 6.07) is -1.09. The number of likely N-dealkylation sites (tertiary alicyclic amines) is 2. The van der Waals surface area contributed by atoms with E-state index in [1.165, 1.54) is 68.7 Å². The van der Waals surface area contributed by atoms with Crippen molar-refractivity contribution in [3.63, 3.8) is 0 Å². The van der Waals surface area contributed by atoms with Crippen LogP contribution < -0.4 is 15.4 Å². The van der Waals surface area contributed by atoms with Crippen molar-refractivity contribution in [1.29, 1.82) is 0 Å². The number of hydrogen-bond donors (Lipinski definition) is 4. The topological polar surface area (TPSA) is 286 Å². The molecule has 3 aliphatic rings. The molecule has 1 aliphatic carbocycles. The lowest BCUT2D eigenvalue weighted by Gasteiger charge is -2.45. The Kier molecular flexibility index (Phi) is 19.0. The molecule has 2 heterocycles. The smallest absolute Gasteiger partial charge is 0.305 e. The average molecular weight is 976 g/mol. The van der Waals surface area contributed by atoms with E-state index in [0.717, 1.165) is 66.9 Å². The number of carboxylic acids is 1. The molecule has 2 saturated heterocycles. The number of carboxylic acid groups (broad SMARTS) is 1. The highest BCUT2D eigenvalue weighted by molar-refractivity contribution is 7.89. The molecule has 2 aliphatic heterocycles. The molecule has 4 rings (SSSR count). The van der Waals surface area contributed by atoms with Gasteiger partial charge in [-0.2, -0.15) is 4.72 Å². The summed E-state index contributed by atoms with van der Waals surface area (Å²) in [7, 11) is -0.385. The predicted molar refractivity (Wildman–Crippen MR) is 247 cm³/mol. The number of benzene rings is 1. The van der Waals surface area contributed by atoms with E-state index in [0.29, 0.717) is 25.9 Å². The number of nitrogens with zero attached hydrogens (tertiary/aromatic N) is 6. The number of amides is 7. The second-order valence-electron chi connectivity index (χ2n) is 18.9. The highest BCUT2D eigenvalue weighted by atomic mass is 32.2. The number of carbonyl (C=O) groups is 8.